The highest BCUT2D eigenvalue weighted by molar-refractivity contribution is 5.96. The zero-order chi connectivity index (χ0) is 25.5. The molecule has 1 aromatic carbocycles. The molecule has 5 nitrogen and oxygen atoms in total. The Morgan fingerprint density at radius 1 is 0.971 bits per heavy atom. The molecule has 0 N–H and O–H groups in total. The Morgan fingerprint density at radius 3 is 2.29 bits per heavy atom. The average molecular weight is 492 g/mol. The van der Waals surface area contributed by atoms with Gasteiger partial charge in [-0.05, 0) is 49.7 Å². The van der Waals surface area contributed by atoms with E-state index in [0.29, 0.717) is 17.0 Å². The van der Waals surface area contributed by atoms with Gasteiger partial charge in [-0.1, -0.05) is 12.1 Å². The van der Waals surface area contributed by atoms with Crippen molar-refractivity contribution in [2.24, 2.45) is 0 Å². The number of hydrogen-bond donors (Lipinski definition) is 0. The summed E-state index contributed by atoms with van der Waals surface area (Å²) in [6.45, 7) is 3.53. The van der Waals surface area contributed by atoms with Crippen LogP contribution in [-0.2, 0) is 12.4 Å². The van der Waals surface area contributed by atoms with E-state index < -0.39 is 47.3 Å². The van der Waals surface area contributed by atoms with E-state index in [1.54, 1.807) is 19.9 Å². The van der Waals surface area contributed by atoms with Crippen LogP contribution in [0.2, 0.25) is 0 Å². The predicted octanol–water partition coefficient (Wildman–Crippen LogP) is 6.18. The van der Waals surface area contributed by atoms with E-state index in [1.807, 2.05) is 0 Å². The van der Waals surface area contributed by atoms with Crippen molar-refractivity contribution in [3.05, 3.63) is 94.2 Å². The summed E-state index contributed by atoms with van der Waals surface area (Å²) in [5, 5.41) is 4.22. The highest BCUT2D eigenvalue weighted by atomic mass is 19.4. The molecule has 11 heteroatoms. The van der Waals surface area contributed by atoms with E-state index in [0.717, 1.165) is 42.6 Å². The van der Waals surface area contributed by atoms with Crippen LogP contribution in [0.1, 0.15) is 56.6 Å². The summed E-state index contributed by atoms with van der Waals surface area (Å²) >= 11 is 0. The maximum absolute atomic E-state index is 13.7. The van der Waals surface area contributed by atoms with Crippen molar-refractivity contribution in [2.45, 2.75) is 38.5 Å². The normalized spacial score (nSPS) is 13.3. The smallest absolute Gasteiger partial charge is 0.292 e. The third-order valence-electron chi connectivity index (χ3n) is 5.52. The number of alkyl halides is 6. The Bertz CT molecular complexity index is 1390. The fourth-order valence-electron chi connectivity index (χ4n) is 3.92. The van der Waals surface area contributed by atoms with Gasteiger partial charge in [-0.15, -0.1) is 0 Å². The van der Waals surface area contributed by atoms with E-state index in [-0.39, 0.29) is 11.3 Å². The van der Waals surface area contributed by atoms with Crippen molar-refractivity contribution in [1.29, 1.82) is 0 Å². The number of ketones is 1. The molecule has 0 spiro atoms. The zero-order valence-electron chi connectivity index (χ0n) is 18.4. The standard InChI is InChI=1S/C24H18F6N4O/c1-13-10-14(2)34-21(32-13)12-19(33-34)20(35)11-17(15-5-7-16(8-6-15)23(25,26)27)22-18(24(28,29)30)4-3-9-31-22/h3-10,12,17H,11H2,1-2H3/t17-/m0/s1. The van der Waals surface area contributed by atoms with E-state index >= 15 is 0 Å². The number of Topliss-reactive ketones (excluding diaryl/α,β-unsaturated/α-hetero) is 1. The molecule has 0 saturated heterocycles. The van der Waals surface area contributed by atoms with E-state index in [4.69, 9.17) is 0 Å². The molecule has 0 fully saturated rings. The molecule has 0 unspecified atom stereocenters. The van der Waals surface area contributed by atoms with Gasteiger partial charge >= 0.3 is 12.4 Å². The van der Waals surface area contributed by atoms with Crippen LogP contribution in [0.25, 0.3) is 5.65 Å². The molecule has 4 rings (SSSR count). The van der Waals surface area contributed by atoms with Gasteiger partial charge in [0.2, 0.25) is 0 Å². The molecule has 0 amide bonds. The van der Waals surface area contributed by atoms with Crippen LogP contribution in [0, 0.1) is 13.8 Å². The fraction of sp³-hybridized carbons (Fsp3) is 0.250. The molecule has 3 heterocycles. The number of aromatic nitrogens is 4. The summed E-state index contributed by atoms with van der Waals surface area (Å²) < 4.78 is 81.7. The Labute approximate surface area is 195 Å². The third kappa shape index (κ3) is 5.03. The lowest BCUT2D eigenvalue weighted by Gasteiger charge is -2.21. The second kappa shape index (κ2) is 8.79. The van der Waals surface area contributed by atoms with Gasteiger partial charge in [0, 0.05) is 36.0 Å². The number of halogens is 6. The number of fused-ring (bicyclic) bond motifs is 1. The van der Waals surface area contributed by atoms with E-state index in [1.165, 1.54) is 10.6 Å². The first-order valence-electron chi connectivity index (χ1n) is 10.4. The number of pyridine rings is 1. The highest BCUT2D eigenvalue weighted by Gasteiger charge is 2.37. The lowest BCUT2D eigenvalue weighted by Crippen LogP contribution is -2.18. The van der Waals surface area contributed by atoms with Crippen molar-refractivity contribution in [3.63, 3.8) is 0 Å². The maximum atomic E-state index is 13.7. The Balaban J connectivity index is 1.78. The van der Waals surface area contributed by atoms with Crippen LogP contribution in [0.4, 0.5) is 26.3 Å². The van der Waals surface area contributed by atoms with Crippen molar-refractivity contribution in [2.75, 3.05) is 0 Å². The van der Waals surface area contributed by atoms with E-state index in [2.05, 4.69) is 15.1 Å². The lowest BCUT2D eigenvalue weighted by atomic mass is 9.87. The van der Waals surface area contributed by atoms with Gasteiger partial charge in [-0.3, -0.25) is 9.78 Å². The van der Waals surface area contributed by atoms with Crippen molar-refractivity contribution >= 4 is 11.4 Å². The fourth-order valence-corrected chi connectivity index (χ4v) is 3.92. The quantitative estimate of drug-likeness (QED) is 0.247. The largest absolute Gasteiger partial charge is 0.418 e. The summed E-state index contributed by atoms with van der Waals surface area (Å²) in [5.74, 6) is -1.86. The van der Waals surface area contributed by atoms with Gasteiger partial charge in [0.25, 0.3) is 0 Å². The summed E-state index contributed by atoms with van der Waals surface area (Å²) in [6.07, 6.45) is -8.75. The monoisotopic (exact) mass is 492 g/mol. The molecule has 0 saturated carbocycles. The molecule has 0 aliphatic rings. The van der Waals surface area contributed by atoms with Crippen LogP contribution < -0.4 is 0 Å². The second-order valence-electron chi connectivity index (χ2n) is 8.07. The molecule has 35 heavy (non-hydrogen) atoms. The number of carbonyl (C=O) groups excluding carboxylic acids is 1. The van der Waals surface area contributed by atoms with E-state index in [9.17, 15) is 31.1 Å². The molecule has 0 bridgehead atoms. The van der Waals surface area contributed by atoms with Crippen LogP contribution in [0.5, 0.6) is 0 Å². The lowest BCUT2D eigenvalue weighted by molar-refractivity contribution is -0.139. The molecule has 0 radical (unpaired) electrons. The number of benzene rings is 1. The Hall–Kier alpha value is -3.76. The summed E-state index contributed by atoms with van der Waals surface area (Å²) in [6, 6.07) is 8.77. The zero-order valence-corrected chi connectivity index (χ0v) is 18.4. The molecule has 4 aromatic rings. The number of nitrogens with zero attached hydrogens (tertiary/aromatic N) is 4. The van der Waals surface area contributed by atoms with Crippen molar-refractivity contribution < 1.29 is 31.1 Å². The van der Waals surface area contributed by atoms with Crippen LogP contribution in [-0.4, -0.2) is 25.4 Å². The molecule has 0 aliphatic heterocycles. The highest BCUT2D eigenvalue weighted by Crippen LogP contribution is 2.39. The van der Waals surface area contributed by atoms with Gasteiger partial charge in [-0.25, -0.2) is 9.50 Å². The molecular formula is C24H18F6N4O. The van der Waals surface area contributed by atoms with Gasteiger partial charge in [-0.2, -0.15) is 31.4 Å². The second-order valence-corrected chi connectivity index (χ2v) is 8.07. The SMILES string of the molecule is Cc1cc(C)n2nc(C(=O)C[C@@H](c3ccc(C(F)(F)F)cc3)c3ncccc3C(F)(F)F)cc2n1. The first-order chi connectivity index (χ1) is 16.3. The predicted molar refractivity (Wildman–Crippen MR) is 114 cm³/mol. The Morgan fingerprint density at radius 2 is 1.66 bits per heavy atom. The minimum Gasteiger partial charge on any atom is -0.292 e. The summed E-state index contributed by atoms with van der Waals surface area (Å²) in [4.78, 5) is 21.3. The number of hydrogen-bond acceptors (Lipinski definition) is 4. The molecular weight excluding hydrogens is 474 g/mol. The van der Waals surface area contributed by atoms with Gasteiger partial charge in [0.15, 0.2) is 11.4 Å². The minimum absolute atomic E-state index is 0.0207. The first kappa shape index (κ1) is 24.4. The molecule has 0 aliphatic carbocycles. The number of rotatable bonds is 5. The van der Waals surface area contributed by atoms with Crippen LogP contribution in [0.15, 0.2) is 54.7 Å². The number of aryl methyl sites for hydroxylation is 2. The molecule has 3 aromatic heterocycles. The van der Waals surface area contributed by atoms with Crippen LogP contribution in [0.3, 0.4) is 0 Å². The third-order valence-corrected chi connectivity index (χ3v) is 5.52. The minimum atomic E-state index is -4.78. The maximum Gasteiger partial charge on any atom is 0.418 e. The molecule has 182 valence electrons. The Kier molecular flexibility index (Phi) is 6.12. The average Bonchev–Trinajstić information content (AvgIpc) is 3.21. The number of carbonyl (C=O) groups is 1. The van der Waals surface area contributed by atoms with Gasteiger partial charge in [0.05, 0.1) is 16.8 Å². The summed E-state index contributed by atoms with van der Waals surface area (Å²) in [7, 11) is 0. The van der Waals surface area contributed by atoms with Crippen molar-refractivity contribution in [1.82, 2.24) is 19.6 Å². The van der Waals surface area contributed by atoms with Crippen molar-refractivity contribution in [3.8, 4) is 0 Å². The summed E-state index contributed by atoms with van der Waals surface area (Å²) in [5.41, 5.74) is -0.624. The topological polar surface area (TPSA) is 60.2 Å². The first-order valence-corrected chi connectivity index (χ1v) is 10.4. The van der Waals surface area contributed by atoms with Gasteiger partial charge in [0.1, 0.15) is 5.69 Å². The molecule has 1 atom stereocenters. The van der Waals surface area contributed by atoms with Gasteiger partial charge < -0.3 is 0 Å². The van der Waals surface area contributed by atoms with Crippen LogP contribution >= 0.6 is 0 Å².